The minimum absolute atomic E-state index is 0.125. The smallest absolute Gasteiger partial charge is 0.410 e. The van der Waals surface area contributed by atoms with Gasteiger partial charge in [-0.1, -0.05) is 0 Å². The summed E-state index contributed by atoms with van der Waals surface area (Å²) in [5.74, 6) is -2.58. The third-order valence-electron chi connectivity index (χ3n) is 3.03. The van der Waals surface area contributed by atoms with Gasteiger partial charge in [0.15, 0.2) is 0 Å². The number of aliphatic carboxylic acids is 1. The summed E-state index contributed by atoms with van der Waals surface area (Å²) >= 11 is 0. The minimum atomic E-state index is -1.00. The molecule has 1 amide bonds. The van der Waals surface area contributed by atoms with Crippen LogP contribution in [0.2, 0.25) is 0 Å². The first-order chi connectivity index (χ1) is 9.14. The lowest BCUT2D eigenvalue weighted by Crippen LogP contribution is -2.36. The number of likely N-dealkylation sites (tertiary alicyclic amines) is 1. The summed E-state index contributed by atoms with van der Waals surface area (Å²) < 4.78 is 9.89. The molecule has 7 nitrogen and oxygen atoms in total. The lowest BCUT2D eigenvalue weighted by atomic mass is 9.93. The average molecular weight is 287 g/mol. The fraction of sp³-hybridized carbons (Fsp3) is 0.769. The number of carbonyl (C=O) groups excluding carboxylic acids is 2. The van der Waals surface area contributed by atoms with Gasteiger partial charge in [0, 0.05) is 19.0 Å². The molecule has 0 aromatic carbocycles. The number of nitrogens with zero attached hydrogens (tertiary/aromatic N) is 1. The quantitative estimate of drug-likeness (QED) is 0.782. The van der Waals surface area contributed by atoms with Crippen LogP contribution in [-0.2, 0) is 19.1 Å². The van der Waals surface area contributed by atoms with E-state index in [1.807, 2.05) is 0 Å². The Morgan fingerprint density at radius 2 is 1.85 bits per heavy atom. The van der Waals surface area contributed by atoms with E-state index in [2.05, 4.69) is 4.74 Å². The number of hydrogen-bond acceptors (Lipinski definition) is 5. The van der Waals surface area contributed by atoms with Crippen LogP contribution in [0.15, 0.2) is 0 Å². The zero-order chi connectivity index (χ0) is 15.5. The molecule has 0 radical (unpaired) electrons. The van der Waals surface area contributed by atoms with Gasteiger partial charge in [-0.05, 0) is 20.8 Å². The Hall–Kier alpha value is -1.79. The number of methoxy groups -OCH3 is 1. The molecule has 114 valence electrons. The number of hydrogen-bond donors (Lipinski definition) is 1. The van der Waals surface area contributed by atoms with Gasteiger partial charge in [0.1, 0.15) is 5.60 Å². The van der Waals surface area contributed by atoms with E-state index in [1.165, 1.54) is 12.0 Å². The van der Waals surface area contributed by atoms with Gasteiger partial charge in [-0.25, -0.2) is 4.79 Å². The second-order valence-electron chi connectivity index (χ2n) is 5.87. The highest BCUT2D eigenvalue weighted by Gasteiger charge is 2.42. The van der Waals surface area contributed by atoms with Crippen molar-refractivity contribution >= 4 is 18.0 Å². The highest BCUT2D eigenvalue weighted by molar-refractivity contribution is 5.77. The topological polar surface area (TPSA) is 93.1 Å². The molecule has 0 aliphatic carbocycles. The molecular weight excluding hydrogens is 266 g/mol. The Bertz CT molecular complexity index is 400. The second kappa shape index (κ2) is 6.11. The third kappa shape index (κ3) is 4.40. The first-order valence-electron chi connectivity index (χ1n) is 6.41. The minimum Gasteiger partial charge on any atom is -0.481 e. The monoisotopic (exact) mass is 287 g/mol. The van der Waals surface area contributed by atoms with Crippen LogP contribution in [0, 0.1) is 11.8 Å². The fourth-order valence-electron chi connectivity index (χ4n) is 2.20. The number of carboxylic acids is 1. The van der Waals surface area contributed by atoms with Crippen molar-refractivity contribution in [3.05, 3.63) is 0 Å². The molecule has 2 atom stereocenters. The van der Waals surface area contributed by atoms with Crippen LogP contribution in [0.4, 0.5) is 4.79 Å². The lowest BCUT2D eigenvalue weighted by molar-refractivity contribution is -0.147. The van der Waals surface area contributed by atoms with Gasteiger partial charge in [-0.15, -0.1) is 0 Å². The lowest BCUT2D eigenvalue weighted by Gasteiger charge is -2.24. The summed E-state index contributed by atoms with van der Waals surface area (Å²) in [6, 6.07) is 0. The van der Waals surface area contributed by atoms with E-state index in [9.17, 15) is 14.4 Å². The van der Waals surface area contributed by atoms with Gasteiger partial charge in [0.05, 0.1) is 19.4 Å². The molecular formula is C13H21NO6. The molecule has 1 N–H and O–H groups in total. The Labute approximate surface area is 117 Å². The van der Waals surface area contributed by atoms with E-state index in [0.717, 1.165) is 0 Å². The zero-order valence-electron chi connectivity index (χ0n) is 12.2. The molecule has 0 saturated carbocycles. The van der Waals surface area contributed by atoms with Gasteiger partial charge in [-0.3, -0.25) is 9.59 Å². The van der Waals surface area contributed by atoms with Crippen LogP contribution >= 0.6 is 0 Å². The normalized spacial score (nSPS) is 22.5. The van der Waals surface area contributed by atoms with E-state index in [0.29, 0.717) is 0 Å². The van der Waals surface area contributed by atoms with Gasteiger partial charge in [0.25, 0.3) is 0 Å². The molecule has 0 aromatic rings. The maximum Gasteiger partial charge on any atom is 0.410 e. The number of rotatable bonds is 3. The van der Waals surface area contributed by atoms with E-state index >= 15 is 0 Å². The Kier molecular flexibility index (Phi) is 4.97. The molecule has 0 spiro atoms. The number of carboxylic acid groups (broad SMARTS) is 1. The zero-order valence-corrected chi connectivity index (χ0v) is 12.2. The third-order valence-corrected chi connectivity index (χ3v) is 3.03. The molecule has 0 unspecified atom stereocenters. The van der Waals surface area contributed by atoms with Crippen molar-refractivity contribution in [2.24, 2.45) is 11.8 Å². The van der Waals surface area contributed by atoms with Crippen LogP contribution in [-0.4, -0.2) is 53.8 Å². The number of ether oxygens (including phenoxy) is 2. The van der Waals surface area contributed by atoms with Crippen LogP contribution in [0.1, 0.15) is 27.2 Å². The standard InChI is InChI=1S/C13H21NO6/c1-13(2,3)20-12(18)14-6-8(5-10(15)16)9(7-14)11(17)19-4/h8-9H,5-7H2,1-4H3,(H,15,16)/t8-,9+/m0/s1. The maximum absolute atomic E-state index is 12.0. The summed E-state index contributed by atoms with van der Waals surface area (Å²) in [7, 11) is 1.25. The number of carbonyl (C=O) groups is 3. The van der Waals surface area contributed by atoms with Crippen molar-refractivity contribution in [2.75, 3.05) is 20.2 Å². The highest BCUT2D eigenvalue weighted by Crippen LogP contribution is 2.28. The molecule has 1 aliphatic heterocycles. The van der Waals surface area contributed by atoms with Gasteiger partial charge < -0.3 is 19.5 Å². The maximum atomic E-state index is 12.0. The molecule has 1 saturated heterocycles. The van der Waals surface area contributed by atoms with Crippen molar-refractivity contribution in [1.29, 1.82) is 0 Å². The van der Waals surface area contributed by atoms with Crippen molar-refractivity contribution in [3.8, 4) is 0 Å². The largest absolute Gasteiger partial charge is 0.481 e. The average Bonchev–Trinajstić information content (AvgIpc) is 2.69. The summed E-state index contributed by atoms with van der Waals surface area (Å²) in [5.41, 5.74) is -0.636. The van der Waals surface area contributed by atoms with E-state index in [-0.39, 0.29) is 19.5 Å². The van der Waals surface area contributed by atoms with Crippen LogP contribution in [0.3, 0.4) is 0 Å². The van der Waals surface area contributed by atoms with E-state index < -0.39 is 35.5 Å². The summed E-state index contributed by atoms with van der Waals surface area (Å²) in [5, 5.41) is 8.87. The molecule has 1 fully saturated rings. The molecule has 1 rings (SSSR count). The van der Waals surface area contributed by atoms with Crippen molar-refractivity contribution in [2.45, 2.75) is 32.8 Å². The van der Waals surface area contributed by atoms with Crippen LogP contribution in [0.25, 0.3) is 0 Å². The van der Waals surface area contributed by atoms with E-state index in [1.54, 1.807) is 20.8 Å². The summed E-state index contributed by atoms with van der Waals surface area (Å²) in [4.78, 5) is 35.8. The second-order valence-corrected chi connectivity index (χ2v) is 5.87. The molecule has 0 aromatic heterocycles. The van der Waals surface area contributed by atoms with E-state index in [4.69, 9.17) is 9.84 Å². The van der Waals surface area contributed by atoms with Gasteiger partial charge in [-0.2, -0.15) is 0 Å². The molecule has 7 heteroatoms. The molecule has 0 bridgehead atoms. The molecule has 1 heterocycles. The summed E-state index contributed by atoms with van der Waals surface area (Å²) in [6.07, 6.45) is -0.724. The Balaban J connectivity index is 2.76. The highest BCUT2D eigenvalue weighted by atomic mass is 16.6. The predicted molar refractivity (Wildman–Crippen MR) is 69.1 cm³/mol. The number of amides is 1. The summed E-state index contributed by atoms with van der Waals surface area (Å²) in [6.45, 7) is 5.54. The fourth-order valence-corrected chi connectivity index (χ4v) is 2.20. The van der Waals surface area contributed by atoms with Crippen LogP contribution in [0.5, 0.6) is 0 Å². The first kappa shape index (κ1) is 16.3. The van der Waals surface area contributed by atoms with Crippen molar-refractivity contribution in [1.82, 2.24) is 4.90 Å². The molecule has 1 aliphatic rings. The Morgan fingerprint density at radius 1 is 1.25 bits per heavy atom. The van der Waals surface area contributed by atoms with Crippen molar-refractivity contribution in [3.63, 3.8) is 0 Å². The predicted octanol–water partition coefficient (Wildman–Crippen LogP) is 1.12. The van der Waals surface area contributed by atoms with Gasteiger partial charge in [0.2, 0.25) is 0 Å². The van der Waals surface area contributed by atoms with Gasteiger partial charge >= 0.3 is 18.0 Å². The van der Waals surface area contributed by atoms with Crippen molar-refractivity contribution < 1.29 is 29.0 Å². The SMILES string of the molecule is COC(=O)[C@@H]1CN(C(=O)OC(C)(C)C)C[C@@H]1CC(=O)O. The van der Waals surface area contributed by atoms with Crippen LogP contribution < -0.4 is 0 Å². The first-order valence-corrected chi connectivity index (χ1v) is 6.41. The number of esters is 1. The molecule has 20 heavy (non-hydrogen) atoms. The Morgan fingerprint density at radius 3 is 2.30 bits per heavy atom.